The van der Waals surface area contributed by atoms with Crippen LogP contribution in [0.25, 0.3) is 16.9 Å². The van der Waals surface area contributed by atoms with Gasteiger partial charge < -0.3 is 10.1 Å². The number of aromatic nitrogens is 4. The van der Waals surface area contributed by atoms with Gasteiger partial charge in [0.2, 0.25) is 5.88 Å². The number of amides is 1. The number of alkyl halides is 3. The number of nitrogens with zero attached hydrogens (tertiary/aromatic N) is 5. The van der Waals surface area contributed by atoms with Crippen molar-refractivity contribution in [2.45, 2.75) is 31.5 Å². The lowest BCUT2D eigenvalue weighted by atomic mass is 10.1. The third-order valence-electron chi connectivity index (χ3n) is 5.22. The van der Waals surface area contributed by atoms with Crippen LogP contribution in [0.1, 0.15) is 28.8 Å². The highest BCUT2D eigenvalue weighted by atomic mass is 35.5. The molecular weight excluding hydrogens is 461 g/mol. The normalized spacial score (nSPS) is 14.2. The van der Waals surface area contributed by atoms with Crippen molar-refractivity contribution < 1.29 is 22.7 Å². The molecule has 8 nitrogen and oxygen atoms in total. The minimum absolute atomic E-state index is 0.0183. The Morgan fingerprint density at radius 3 is 2.79 bits per heavy atom. The van der Waals surface area contributed by atoms with E-state index in [1.165, 1.54) is 22.6 Å². The molecule has 33 heavy (non-hydrogen) atoms. The zero-order valence-corrected chi connectivity index (χ0v) is 18.1. The second-order valence-corrected chi connectivity index (χ2v) is 7.99. The molecule has 2 aromatic heterocycles. The maximum Gasteiger partial charge on any atom is 0.272 e. The summed E-state index contributed by atoms with van der Waals surface area (Å²) < 4.78 is 46.2. The molecule has 0 spiro atoms. The number of benzene rings is 1. The Labute approximate surface area is 191 Å². The van der Waals surface area contributed by atoms with E-state index in [2.05, 4.69) is 21.6 Å². The van der Waals surface area contributed by atoms with E-state index in [1.807, 2.05) is 0 Å². The van der Waals surface area contributed by atoms with Gasteiger partial charge in [0.25, 0.3) is 12.3 Å². The molecule has 12 heteroatoms. The first-order valence-electron chi connectivity index (χ1n) is 9.88. The lowest BCUT2D eigenvalue weighted by molar-refractivity contribution is 0.0785. The van der Waals surface area contributed by atoms with Gasteiger partial charge in [-0.25, -0.2) is 22.5 Å². The Balaban J connectivity index is 1.63. The Bertz CT molecular complexity index is 1250. The highest BCUT2D eigenvalue weighted by Gasteiger charge is 2.45. The van der Waals surface area contributed by atoms with Gasteiger partial charge in [-0.2, -0.15) is 10.4 Å². The van der Waals surface area contributed by atoms with E-state index in [4.69, 9.17) is 16.3 Å². The van der Waals surface area contributed by atoms with E-state index in [9.17, 15) is 23.2 Å². The van der Waals surface area contributed by atoms with Crippen molar-refractivity contribution in [1.29, 1.82) is 5.26 Å². The molecule has 0 atom stereocenters. The number of carbonyl (C=O) groups excluding carboxylic acids is 1. The fraction of sp³-hybridized carbons (Fsp3) is 0.333. The molecule has 0 saturated heterocycles. The summed E-state index contributed by atoms with van der Waals surface area (Å²) in [5.41, 5.74) is 0.540. The molecule has 3 aromatic rings. The van der Waals surface area contributed by atoms with E-state index in [0.717, 1.165) is 0 Å². The fourth-order valence-corrected chi connectivity index (χ4v) is 3.54. The summed E-state index contributed by atoms with van der Waals surface area (Å²) >= 11 is 6.20. The number of nitriles is 1. The van der Waals surface area contributed by atoms with Crippen LogP contribution in [0.15, 0.2) is 30.6 Å². The molecule has 1 amide bonds. The molecule has 1 aromatic carbocycles. The quantitative estimate of drug-likeness (QED) is 0.530. The van der Waals surface area contributed by atoms with Gasteiger partial charge in [-0.3, -0.25) is 4.79 Å². The molecule has 2 heterocycles. The van der Waals surface area contributed by atoms with Crippen molar-refractivity contribution in [3.63, 3.8) is 0 Å². The number of rotatable bonds is 8. The zero-order valence-electron chi connectivity index (χ0n) is 17.4. The summed E-state index contributed by atoms with van der Waals surface area (Å²) in [6.07, 6.45) is 1.53. The third kappa shape index (κ3) is 4.52. The van der Waals surface area contributed by atoms with E-state index in [-0.39, 0.29) is 27.8 Å². The standard InChI is InChI=1S/C21H18ClF3N6O2/c1-30-20(15(7-23)19(29-30)33-10-17(24)25)31-9-13(8-27-31)12-2-3-16(22)14(6-12)18(32)28-21(11-26)4-5-21/h2-3,6,8-9,17H,4-5,7,10H2,1H3,(H,28,32). The fourth-order valence-electron chi connectivity index (χ4n) is 3.34. The van der Waals surface area contributed by atoms with Crippen molar-refractivity contribution in [3.05, 3.63) is 46.7 Å². The van der Waals surface area contributed by atoms with Crippen LogP contribution in [-0.4, -0.2) is 44.0 Å². The SMILES string of the molecule is Cn1nc(OCC(F)F)c(CF)c1-n1cc(-c2ccc(Cl)c(C(=O)NC3(C#N)CC3)c2)cn1. The van der Waals surface area contributed by atoms with E-state index in [1.54, 1.807) is 24.4 Å². The first-order valence-corrected chi connectivity index (χ1v) is 10.3. The summed E-state index contributed by atoms with van der Waals surface area (Å²) in [6, 6.07) is 6.91. The van der Waals surface area contributed by atoms with Gasteiger partial charge >= 0.3 is 0 Å². The number of hydrogen-bond acceptors (Lipinski definition) is 5. The van der Waals surface area contributed by atoms with Crippen LogP contribution < -0.4 is 10.1 Å². The van der Waals surface area contributed by atoms with Crippen molar-refractivity contribution in [1.82, 2.24) is 24.9 Å². The number of ether oxygens (including phenoxy) is 1. The average molecular weight is 479 g/mol. The van der Waals surface area contributed by atoms with Crippen LogP contribution in [0.5, 0.6) is 5.88 Å². The van der Waals surface area contributed by atoms with Crippen LogP contribution >= 0.6 is 11.6 Å². The molecular formula is C21H18ClF3N6O2. The minimum atomic E-state index is -2.72. The second kappa shape index (κ2) is 8.78. The number of nitrogens with one attached hydrogen (secondary N) is 1. The summed E-state index contributed by atoms with van der Waals surface area (Å²) in [6.45, 7) is -1.90. The van der Waals surface area contributed by atoms with Crippen molar-refractivity contribution >= 4 is 17.5 Å². The Morgan fingerprint density at radius 2 is 2.15 bits per heavy atom. The molecule has 1 fully saturated rings. The minimum Gasteiger partial charge on any atom is -0.470 e. The smallest absolute Gasteiger partial charge is 0.272 e. The Hall–Kier alpha value is -3.52. The van der Waals surface area contributed by atoms with E-state index in [0.29, 0.717) is 24.0 Å². The van der Waals surface area contributed by atoms with Gasteiger partial charge in [-0.15, -0.1) is 5.10 Å². The average Bonchev–Trinajstić information content (AvgIpc) is 3.25. The van der Waals surface area contributed by atoms with Gasteiger partial charge in [0.05, 0.1) is 28.4 Å². The van der Waals surface area contributed by atoms with Crippen molar-refractivity contribution in [3.8, 4) is 28.9 Å². The first kappa shape index (κ1) is 22.7. The van der Waals surface area contributed by atoms with E-state index >= 15 is 0 Å². The summed E-state index contributed by atoms with van der Waals surface area (Å²) in [5, 5.41) is 20.3. The molecule has 0 radical (unpaired) electrons. The first-order chi connectivity index (χ1) is 15.8. The third-order valence-corrected chi connectivity index (χ3v) is 5.55. The summed E-state index contributed by atoms with van der Waals surface area (Å²) in [7, 11) is 1.51. The maximum atomic E-state index is 13.7. The summed E-state index contributed by atoms with van der Waals surface area (Å²) in [4.78, 5) is 12.6. The lowest BCUT2D eigenvalue weighted by Gasteiger charge is -2.11. The molecule has 0 bridgehead atoms. The predicted molar refractivity (Wildman–Crippen MR) is 112 cm³/mol. The van der Waals surface area contributed by atoms with Gasteiger partial charge in [0, 0.05) is 18.8 Å². The molecule has 1 saturated carbocycles. The largest absolute Gasteiger partial charge is 0.470 e. The number of carbonyl (C=O) groups is 1. The molecule has 0 unspecified atom stereocenters. The topological polar surface area (TPSA) is 97.8 Å². The zero-order chi connectivity index (χ0) is 23.8. The molecule has 172 valence electrons. The molecule has 0 aliphatic heterocycles. The second-order valence-electron chi connectivity index (χ2n) is 7.58. The molecule has 1 N–H and O–H groups in total. The molecule has 4 rings (SSSR count). The van der Waals surface area contributed by atoms with Crippen LogP contribution in [0.4, 0.5) is 13.2 Å². The van der Waals surface area contributed by atoms with Crippen LogP contribution in [0, 0.1) is 11.3 Å². The highest BCUT2D eigenvalue weighted by molar-refractivity contribution is 6.34. The van der Waals surface area contributed by atoms with Gasteiger partial charge in [-0.05, 0) is 30.5 Å². The van der Waals surface area contributed by atoms with Crippen LogP contribution in [-0.2, 0) is 13.7 Å². The molecule has 1 aliphatic rings. The van der Waals surface area contributed by atoms with Crippen LogP contribution in [0.3, 0.4) is 0 Å². The van der Waals surface area contributed by atoms with Gasteiger partial charge in [-0.1, -0.05) is 17.7 Å². The monoisotopic (exact) mass is 478 g/mol. The number of hydrogen-bond donors (Lipinski definition) is 1. The van der Waals surface area contributed by atoms with Crippen molar-refractivity contribution in [2.24, 2.45) is 7.05 Å². The lowest BCUT2D eigenvalue weighted by Crippen LogP contribution is -2.35. The predicted octanol–water partition coefficient (Wildman–Crippen LogP) is 3.83. The Morgan fingerprint density at radius 1 is 1.39 bits per heavy atom. The summed E-state index contributed by atoms with van der Waals surface area (Å²) in [5.74, 6) is -0.477. The number of aryl methyl sites for hydroxylation is 1. The number of halogens is 4. The maximum absolute atomic E-state index is 13.7. The van der Waals surface area contributed by atoms with Gasteiger partial charge in [0.15, 0.2) is 12.4 Å². The molecule has 1 aliphatic carbocycles. The van der Waals surface area contributed by atoms with Crippen LogP contribution in [0.2, 0.25) is 5.02 Å². The highest BCUT2D eigenvalue weighted by Crippen LogP contribution is 2.35. The van der Waals surface area contributed by atoms with E-state index < -0.39 is 31.2 Å². The van der Waals surface area contributed by atoms with Crippen molar-refractivity contribution in [2.75, 3.05) is 6.61 Å². The Kier molecular flexibility index (Phi) is 6.03. The van der Waals surface area contributed by atoms with Gasteiger partial charge in [0.1, 0.15) is 12.2 Å².